The quantitative estimate of drug-likeness (QED) is 0.347. The van der Waals surface area contributed by atoms with Crippen LogP contribution in [0.1, 0.15) is 5.56 Å². The number of rotatable bonds is 5. The molecule has 0 atom stereocenters. The van der Waals surface area contributed by atoms with Crippen molar-refractivity contribution in [3.8, 4) is 0 Å². The van der Waals surface area contributed by atoms with Crippen molar-refractivity contribution in [2.45, 2.75) is 11.4 Å². The molecule has 126 valence electrons. The van der Waals surface area contributed by atoms with Crippen LogP contribution < -0.4 is 5.32 Å². The van der Waals surface area contributed by atoms with Crippen LogP contribution in [-0.2, 0) is 6.54 Å². The monoisotopic (exact) mass is 381 g/mol. The minimum atomic E-state index is -0.471. The molecule has 0 radical (unpaired) electrons. The van der Waals surface area contributed by atoms with Gasteiger partial charge < -0.3 is 10.2 Å². The number of hydrogen-bond donors (Lipinski definition) is 1. The third-order valence-corrected chi connectivity index (χ3v) is 4.81. The molecule has 0 amide bonds. The molecule has 0 heterocycles. The van der Waals surface area contributed by atoms with Gasteiger partial charge in [0.2, 0.25) is 0 Å². The summed E-state index contributed by atoms with van der Waals surface area (Å²) < 4.78 is 0. The number of halogens is 1. The van der Waals surface area contributed by atoms with E-state index < -0.39 is 4.92 Å². The van der Waals surface area contributed by atoms with Crippen molar-refractivity contribution in [1.82, 2.24) is 4.90 Å². The van der Waals surface area contributed by atoms with E-state index in [1.165, 1.54) is 23.1 Å². The summed E-state index contributed by atoms with van der Waals surface area (Å²) in [6.07, 6.45) is 2.03. The van der Waals surface area contributed by atoms with Gasteiger partial charge in [-0.15, -0.1) is 11.8 Å². The number of hydrogen-bond acceptors (Lipinski definition) is 4. The molecule has 0 spiro atoms. The van der Waals surface area contributed by atoms with Gasteiger partial charge in [0.15, 0.2) is 5.11 Å². The summed E-state index contributed by atoms with van der Waals surface area (Å²) in [4.78, 5) is 13.4. The lowest BCUT2D eigenvalue weighted by Gasteiger charge is -2.21. The van der Waals surface area contributed by atoms with E-state index in [1.807, 2.05) is 30.3 Å². The number of thioether (sulfide) groups is 1. The SMILES string of the molecule is CSc1ccc(CN(C)C(=S)Nc2cc([N+](=O)[O-])ccc2Cl)cc1. The zero-order valence-corrected chi connectivity index (χ0v) is 15.5. The number of anilines is 1. The number of nitro benzene ring substituents is 1. The molecule has 0 unspecified atom stereocenters. The third kappa shape index (κ3) is 4.83. The standard InChI is InChI=1S/C16H16ClN3O2S2/c1-19(10-11-3-6-13(24-2)7-4-11)16(23)18-15-9-12(20(21)22)5-8-14(15)17/h3-9H,10H2,1-2H3,(H,18,23). The molecule has 0 fully saturated rings. The molecule has 0 aromatic heterocycles. The van der Waals surface area contributed by atoms with E-state index in [0.717, 1.165) is 5.56 Å². The molecule has 0 aliphatic carbocycles. The fourth-order valence-corrected chi connectivity index (χ4v) is 2.76. The van der Waals surface area contributed by atoms with Crippen molar-refractivity contribution in [3.63, 3.8) is 0 Å². The van der Waals surface area contributed by atoms with E-state index in [1.54, 1.807) is 11.8 Å². The average molecular weight is 382 g/mol. The Morgan fingerprint density at radius 1 is 1.33 bits per heavy atom. The number of nitrogens with zero attached hydrogens (tertiary/aromatic N) is 2. The Morgan fingerprint density at radius 3 is 2.58 bits per heavy atom. The Labute approximate surface area is 155 Å². The highest BCUT2D eigenvalue weighted by atomic mass is 35.5. The van der Waals surface area contributed by atoms with Gasteiger partial charge >= 0.3 is 0 Å². The van der Waals surface area contributed by atoms with Crippen molar-refractivity contribution in [2.24, 2.45) is 0 Å². The lowest BCUT2D eigenvalue weighted by atomic mass is 10.2. The summed E-state index contributed by atoms with van der Waals surface area (Å²) in [7, 11) is 1.85. The van der Waals surface area contributed by atoms with Crippen molar-refractivity contribution in [1.29, 1.82) is 0 Å². The van der Waals surface area contributed by atoms with Crippen LogP contribution in [0.2, 0.25) is 5.02 Å². The molecule has 0 saturated carbocycles. The predicted octanol–water partition coefficient (Wildman–Crippen LogP) is 4.80. The Balaban J connectivity index is 2.05. The van der Waals surface area contributed by atoms with Crippen molar-refractivity contribution < 1.29 is 4.92 Å². The average Bonchev–Trinajstić information content (AvgIpc) is 2.57. The van der Waals surface area contributed by atoms with Gasteiger partial charge in [0, 0.05) is 30.6 Å². The van der Waals surface area contributed by atoms with E-state index in [4.69, 9.17) is 23.8 Å². The van der Waals surface area contributed by atoms with Crippen LogP contribution in [0.15, 0.2) is 47.4 Å². The van der Waals surface area contributed by atoms with Crippen LogP contribution in [0.5, 0.6) is 0 Å². The molecular formula is C16H16ClN3O2S2. The van der Waals surface area contributed by atoms with Gasteiger partial charge in [-0.05, 0) is 42.2 Å². The van der Waals surface area contributed by atoms with E-state index in [9.17, 15) is 10.1 Å². The maximum Gasteiger partial charge on any atom is 0.271 e. The summed E-state index contributed by atoms with van der Waals surface area (Å²) in [5, 5.41) is 14.6. The number of non-ortho nitro benzene ring substituents is 1. The predicted molar refractivity (Wildman–Crippen MR) is 104 cm³/mol. The first-order valence-corrected chi connectivity index (χ1v) is 9.01. The molecule has 2 aromatic carbocycles. The second-order valence-corrected chi connectivity index (χ2v) is 6.73. The van der Waals surface area contributed by atoms with Crippen LogP contribution in [0.4, 0.5) is 11.4 Å². The molecule has 5 nitrogen and oxygen atoms in total. The second-order valence-electron chi connectivity index (χ2n) is 5.06. The highest BCUT2D eigenvalue weighted by Crippen LogP contribution is 2.27. The minimum absolute atomic E-state index is 0.0417. The fourth-order valence-electron chi connectivity index (χ4n) is 2.01. The summed E-state index contributed by atoms with van der Waals surface area (Å²) in [6.45, 7) is 0.618. The maximum absolute atomic E-state index is 10.9. The van der Waals surface area contributed by atoms with Crippen molar-refractivity contribution in [2.75, 3.05) is 18.6 Å². The maximum atomic E-state index is 10.9. The lowest BCUT2D eigenvalue weighted by molar-refractivity contribution is -0.384. The molecule has 0 bridgehead atoms. The molecule has 0 saturated heterocycles. The molecule has 0 aliphatic heterocycles. The number of thiocarbonyl (C=S) groups is 1. The molecule has 0 aliphatic rings. The first kappa shape index (κ1) is 18.5. The normalized spacial score (nSPS) is 10.3. The Kier molecular flexibility index (Phi) is 6.42. The minimum Gasteiger partial charge on any atom is -0.348 e. The molecule has 2 aromatic rings. The van der Waals surface area contributed by atoms with Gasteiger partial charge in [-0.3, -0.25) is 10.1 Å². The first-order chi connectivity index (χ1) is 11.4. The number of nitrogens with one attached hydrogen (secondary N) is 1. The lowest BCUT2D eigenvalue weighted by Crippen LogP contribution is -2.30. The molecular weight excluding hydrogens is 366 g/mol. The smallest absolute Gasteiger partial charge is 0.271 e. The van der Waals surface area contributed by atoms with E-state index in [2.05, 4.69) is 17.4 Å². The van der Waals surface area contributed by atoms with Gasteiger partial charge in [0.25, 0.3) is 5.69 Å². The van der Waals surface area contributed by atoms with E-state index >= 15 is 0 Å². The summed E-state index contributed by atoms with van der Waals surface area (Å²) in [5.41, 5.74) is 1.49. The van der Waals surface area contributed by atoms with Gasteiger partial charge in [-0.25, -0.2) is 0 Å². The molecule has 8 heteroatoms. The Morgan fingerprint density at radius 2 is 2.00 bits per heavy atom. The van der Waals surface area contributed by atoms with Crippen molar-refractivity contribution in [3.05, 3.63) is 63.2 Å². The molecule has 1 N–H and O–H groups in total. The van der Waals surface area contributed by atoms with Gasteiger partial charge in [0.1, 0.15) is 0 Å². The summed E-state index contributed by atoms with van der Waals surface area (Å²) in [6, 6.07) is 12.4. The fraction of sp³-hybridized carbons (Fsp3) is 0.188. The Hall–Kier alpha value is -1.83. The topological polar surface area (TPSA) is 58.4 Å². The van der Waals surface area contributed by atoms with Crippen LogP contribution in [0, 0.1) is 10.1 Å². The summed E-state index contributed by atoms with van der Waals surface area (Å²) >= 11 is 13.1. The Bertz CT molecular complexity index is 753. The first-order valence-electron chi connectivity index (χ1n) is 6.99. The van der Waals surface area contributed by atoms with Crippen LogP contribution in [-0.4, -0.2) is 28.2 Å². The zero-order valence-electron chi connectivity index (χ0n) is 13.2. The van der Waals surface area contributed by atoms with Crippen LogP contribution >= 0.6 is 35.6 Å². The van der Waals surface area contributed by atoms with Crippen LogP contribution in [0.3, 0.4) is 0 Å². The van der Waals surface area contributed by atoms with E-state index in [-0.39, 0.29) is 5.69 Å². The van der Waals surface area contributed by atoms with Gasteiger partial charge in [0.05, 0.1) is 15.6 Å². The highest BCUT2D eigenvalue weighted by molar-refractivity contribution is 7.98. The third-order valence-electron chi connectivity index (χ3n) is 3.33. The largest absolute Gasteiger partial charge is 0.348 e. The van der Waals surface area contributed by atoms with E-state index in [0.29, 0.717) is 22.4 Å². The van der Waals surface area contributed by atoms with Crippen LogP contribution in [0.25, 0.3) is 0 Å². The number of benzene rings is 2. The zero-order chi connectivity index (χ0) is 17.7. The van der Waals surface area contributed by atoms with Crippen molar-refractivity contribution >= 4 is 52.1 Å². The highest BCUT2D eigenvalue weighted by Gasteiger charge is 2.12. The summed E-state index contributed by atoms with van der Waals surface area (Å²) in [5.74, 6) is 0. The molecule has 2 rings (SSSR count). The number of nitro groups is 1. The molecule has 24 heavy (non-hydrogen) atoms. The second kappa shape index (κ2) is 8.32. The van der Waals surface area contributed by atoms with Gasteiger partial charge in [-0.2, -0.15) is 0 Å². The van der Waals surface area contributed by atoms with Gasteiger partial charge in [-0.1, -0.05) is 23.7 Å².